The van der Waals surface area contributed by atoms with Crippen LogP contribution >= 0.6 is 11.8 Å². The summed E-state index contributed by atoms with van der Waals surface area (Å²) < 4.78 is 0. The Kier molecular flexibility index (Phi) is 5.20. The zero-order valence-corrected chi connectivity index (χ0v) is 10.7. The summed E-state index contributed by atoms with van der Waals surface area (Å²) in [5.41, 5.74) is 6.55. The van der Waals surface area contributed by atoms with Crippen LogP contribution in [-0.2, 0) is 0 Å². The zero-order valence-electron chi connectivity index (χ0n) is 9.83. The Bertz CT molecular complexity index is 510. The number of thioether (sulfide) groups is 1. The Morgan fingerprint density at radius 3 is 2.89 bits per heavy atom. The second-order valence-electron chi connectivity index (χ2n) is 3.52. The summed E-state index contributed by atoms with van der Waals surface area (Å²) in [6, 6.07) is 4.78. The number of rotatable bonds is 6. The number of benzene rings is 1. The fourth-order valence-electron chi connectivity index (χ4n) is 1.20. The molecule has 0 aliphatic rings. The number of anilines is 1. The van der Waals surface area contributed by atoms with Crippen LogP contribution in [0.4, 0.5) is 11.4 Å². The van der Waals surface area contributed by atoms with Crippen molar-refractivity contribution in [1.29, 1.82) is 0 Å². The molecule has 0 aliphatic carbocycles. The van der Waals surface area contributed by atoms with Crippen LogP contribution in [0.1, 0.15) is 0 Å². The lowest BCUT2D eigenvalue weighted by molar-refractivity contribution is -0.384. The first-order chi connectivity index (χ1) is 8.54. The number of nitrogen functional groups attached to an aromatic ring is 1. The Morgan fingerprint density at radius 1 is 1.56 bits per heavy atom. The van der Waals surface area contributed by atoms with Crippen molar-refractivity contribution in [3.63, 3.8) is 0 Å². The maximum absolute atomic E-state index is 10.7. The van der Waals surface area contributed by atoms with Crippen molar-refractivity contribution < 1.29 is 4.92 Å². The number of nitrogens with two attached hydrogens (primary N) is 1. The van der Waals surface area contributed by atoms with Crippen LogP contribution < -0.4 is 5.73 Å². The lowest BCUT2D eigenvalue weighted by Crippen LogP contribution is -1.95. The molecular weight excluding hydrogens is 248 g/mol. The molecule has 0 bridgehead atoms. The number of nitrogens with zero attached hydrogens (tertiary/aromatic N) is 1. The van der Waals surface area contributed by atoms with Crippen molar-refractivity contribution in [3.05, 3.63) is 65.3 Å². The van der Waals surface area contributed by atoms with Crippen molar-refractivity contribution in [2.45, 2.75) is 4.90 Å². The van der Waals surface area contributed by atoms with Crippen LogP contribution in [-0.4, -0.2) is 10.7 Å². The number of nitro groups is 1. The molecule has 0 aromatic heterocycles. The molecule has 0 unspecified atom stereocenters. The van der Waals surface area contributed by atoms with E-state index in [1.807, 2.05) is 6.08 Å². The first kappa shape index (κ1) is 14.1. The third-order valence-corrected chi connectivity index (χ3v) is 3.19. The molecule has 94 valence electrons. The number of hydrogen-bond donors (Lipinski definition) is 1. The molecule has 0 heterocycles. The topological polar surface area (TPSA) is 69.2 Å². The number of allylic oxidation sites excluding steroid dienone is 3. The van der Waals surface area contributed by atoms with Gasteiger partial charge in [-0.15, -0.1) is 11.8 Å². The largest absolute Gasteiger partial charge is 0.393 e. The zero-order chi connectivity index (χ0) is 13.5. The van der Waals surface area contributed by atoms with Crippen molar-refractivity contribution in [3.8, 4) is 0 Å². The summed E-state index contributed by atoms with van der Waals surface area (Å²) in [7, 11) is 0. The van der Waals surface area contributed by atoms with Gasteiger partial charge in [-0.05, 0) is 17.7 Å². The molecule has 0 saturated carbocycles. The molecule has 0 saturated heterocycles. The van der Waals surface area contributed by atoms with Gasteiger partial charge in [0.2, 0.25) is 0 Å². The fraction of sp³-hybridized carbons (Fsp3) is 0.0769. The third-order valence-electron chi connectivity index (χ3n) is 2.09. The standard InChI is InChI=1S/C13H14N2O2S/c1-3-4-5-10(2)9-18-11-6-7-12(14)13(8-11)15(16)17/h3-8H,1-2,9,14H2/b5-4-. The van der Waals surface area contributed by atoms with Crippen LogP contribution in [0.2, 0.25) is 0 Å². The van der Waals surface area contributed by atoms with Gasteiger partial charge in [-0.2, -0.15) is 0 Å². The Balaban J connectivity index is 2.71. The highest BCUT2D eigenvalue weighted by Crippen LogP contribution is 2.29. The van der Waals surface area contributed by atoms with Gasteiger partial charge < -0.3 is 5.73 Å². The summed E-state index contributed by atoms with van der Waals surface area (Å²) in [6.07, 6.45) is 5.32. The highest BCUT2D eigenvalue weighted by molar-refractivity contribution is 7.99. The first-order valence-corrected chi connectivity index (χ1v) is 6.16. The van der Waals surface area contributed by atoms with Gasteiger partial charge in [0, 0.05) is 16.7 Å². The van der Waals surface area contributed by atoms with E-state index in [4.69, 9.17) is 5.73 Å². The van der Waals surface area contributed by atoms with Gasteiger partial charge in [-0.1, -0.05) is 31.4 Å². The molecule has 0 amide bonds. The molecule has 2 N–H and O–H groups in total. The molecule has 0 atom stereocenters. The summed E-state index contributed by atoms with van der Waals surface area (Å²) in [5, 5.41) is 10.7. The molecule has 1 rings (SSSR count). The van der Waals surface area contributed by atoms with Gasteiger partial charge in [-0.25, -0.2) is 0 Å². The third kappa shape index (κ3) is 4.10. The molecule has 1 aromatic rings. The van der Waals surface area contributed by atoms with Gasteiger partial charge >= 0.3 is 0 Å². The predicted molar refractivity (Wildman–Crippen MR) is 76.7 cm³/mol. The summed E-state index contributed by atoms with van der Waals surface area (Å²) in [4.78, 5) is 11.0. The molecule has 18 heavy (non-hydrogen) atoms. The molecule has 5 heteroatoms. The lowest BCUT2D eigenvalue weighted by atomic mass is 10.3. The van der Waals surface area contributed by atoms with Crippen LogP contribution in [0.3, 0.4) is 0 Å². The second kappa shape index (κ2) is 6.66. The van der Waals surface area contributed by atoms with Gasteiger partial charge in [0.05, 0.1) is 4.92 Å². The van der Waals surface area contributed by atoms with Crippen LogP contribution in [0.15, 0.2) is 60.1 Å². The van der Waals surface area contributed by atoms with E-state index in [1.165, 1.54) is 17.8 Å². The Labute approximate surface area is 110 Å². The molecule has 0 spiro atoms. The highest BCUT2D eigenvalue weighted by Gasteiger charge is 2.11. The summed E-state index contributed by atoms with van der Waals surface area (Å²) >= 11 is 1.47. The molecule has 4 nitrogen and oxygen atoms in total. The van der Waals surface area contributed by atoms with Gasteiger partial charge in [-0.3, -0.25) is 10.1 Å². The quantitative estimate of drug-likeness (QED) is 0.280. The van der Waals surface area contributed by atoms with E-state index in [2.05, 4.69) is 13.2 Å². The van der Waals surface area contributed by atoms with Crippen molar-refractivity contribution in [2.75, 3.05) is 11.5 Å². The molecule has 0 aliphatic heterocycles. The summed E-state index contributed by atoms with van der Waals surface area (Å²) in [5.74, 6) is 0.658. The molecule has 0 radical (unpaired) electrons. The maximum atomic E-state index is 10.7. The van der Waals surface area contributed by atoms with Crippen LogP contribution in [0, 0.1) is 10.1 Å². The average molecular weight is 262 g/mol. The number of hydrogen-bond acceptors (Lipinski definition) is 4. The minimum absolute atomic E-state index is 0.0627. The maximum Gasteiger partial charge on any atom is 0.293 e. The second-order valence-corrected chi connectivity index (χ2v) is 4.57. The SMILES string of the molecule is C=C/C=C\C(=C)CSc1ccc(N)c([N+](=O)[O-])c1. The molecular formula is C13H14N2O2S. The van der Waals surface area contributed by atoms with E-state index in [0.717, 1.165) is 10.5 Å². The van der Waals surface area contributed by atoms with E-state index in [-0.39, 0.29) is 11.4 Å². The smallest absolute Gasteiger partial charge is 0.293 e. The summed E-state index contributed by atoms with van der Waals surface area (Å²) in [6.45, 7) is 7.44. The van der Waals surface area contributed by atoms with Crippen LogP contribution in [0.25, 0.3) is 0 Å². The fourth-order valence-corrected chi connectivity index (χ4v) is 2.01. The highest BCUT2D eigenvalue weighted by atomic mass is 32.2. The Morgan fingerprint density at radius 2 is 2.28 bits per heavy atom. The van der Waals surface area contributed by atoms with Gasteiger partial charge in [0.1, 0.15) is 5.69 Å². The van der Waals surface area contributed by atoms with Crippen molar-refractivity contribution in [1.82, 2.24) is 0 Å². The number of nitro benzene ring substituents is 1. The first-order valence-electron chi connectivity index (χ1n) is 5.18. The van der Waals surface area contributed by atoms with Gasteiger partial charge in [0.25, 0.3) is 5.69 Å². The Hall–Kier alpha value is -2.01. The van der Waals surface area contributed by atoms with E-state index >= 15 is 0 Å². The van der Waals surface area contributed by atoms with Crippen LogP contribution in [0.5, 0.6) is 0 Å². The van der Waals surface area contributed by atoms with E-state index in [9.17, 15) is 10.1 Å². The minimum atomic E-state index is -0.480. The lowest BCUT2D eigenvalue weighted by Gasteiger charge is -2.03. The van der Waals surface area contributed by atoms with Gasteiger partial charge in [0.15, 0.2) is 0 Å². The molecule has 1 aromatic carbocycles. The predicted octanol–water partition coefficient (Wildman–Crippen LogP) is 3.57. The van der Waals surface area contributed by atoms with E-state index in [0.29, 0.717) is 5.75 Å². The van der Waals surface area contributed by atoms with Crippen molar-refractivity contribution in [2.24, 2.45) is 0 Å². The minimum Gasteiger partial charge on any atom is -0.393 e. The van der Waals surface area contributed by atoms with E-state index < -0.39 is 4.92 Å². The molecule has 0 fully saturated rings. The average Bonchev–Trinajstić information content (AvgIpc) is 2.35. The van der Waals surface area contributed by atoms with E-state index in [1.54, 1.807) is 24.3 Å². The van der Waals surface area contributed by atoms with Crippen molar-refractivity contribution >= 4 is 23.1 Å². The monoisotopic (exact) mass is 262 g/mol. The normalized spacial score (nSPS) is 10.4.